The predicted molar refractivity (Wildman–Crippen MR) is 86.9 cm³/mol. The van der Waals surface area contributed by atoms with Gasteiger partial charge in [-0.05, 0) is 6.42 Å². The number of hydrogen-bond acceptors (Lipinski definition) is 6. The van der Waals surface area contributed by atoms with Gasteiger partial charge in [0.15, 0.2) is 6.29 Å². The minimum Gasteiger partial charge on any atom is -0.394 e. The van der Waals surface area contributed by atoms with E-state index in [9.17, 15) is 15.3 Å². The second-order valence-corrected chi connectivity index (χ2v) is 6.40. The molecular formula is C17H34O6. The molecule has 1 aliphatic heterocycles. The van der Waals surface area contributed by atoms with Gasteiger partial charge in [-0.2, -0.15) is 0 Å². The zero-order valence-corrected chi connectivity index (χ0v) is 14.3. The van der Waals surface area contributed by atoms with Crippen LogP contribution in [0.3, 0.4) is 0 Å². The van der Waals surface area contributed by atoms with Crippen molar-refractivity contribution in [3.05, 3.63) is 0 Å². The third kappa shape index (κ3) is 7.45. The predicted octanol–water partition coefficient (Wildman–Crippen LogP) is 1.33. The molecule has 0 bridgehead atoms. The minimum absolute atomic E-state index is 0.428. The van der Waals surface area contributed by atoms with Crippen molar-refractivity contribution in [2.75, 3.05) is 13.2 Å². The van der Waals surface area contributed by atoms with Crippen molar-refractivity contribution in [1.82, 2.24) is 0 Å². The lowest BCUT2D eigenvalue weighted by molar-refractivity contribution is -0.301. The van der Waals surface area contributed by atoms with Gasteiger partial charge in [-0.15, -0.1) is 0 Å². The molecule has 0 spiro atoms. The minimum atomic E-state index is -1.37. The molecule has 1 rings (SSSR count). The maximum atomic E-state index is 9.82. The van der Waals surface area contributed by atoms with Crippen LogP contribution in [0.25, 0.3) is 0 Å². The Hall–Kier alpha value is -0.240. The van der Waals surface area contributed by atoms with E-state index in [2.05, 4.69) is 6.92 Å². The average molecular weight is 334 g/mol. The highest BCUT2D eigenvalue weighted by Gasteiger charge is 2.43. The number of unbranched alkanes of at least 4 members (excludes halogenated alkanes) is 8. The van der Waals surface area contributed by atoms with Crippen molar-refractivity contribution in [3.63, 3.8) is 0 Å². The van der Waals surface area contributed by atoms with E-state index in [0.29, 0.717) is 6.61 Å². The van der Waals surface area contributed by atoms with Gasteiger partial charge in [0.2, 0.25) is 0 Å². The highest BCUT2D eigenvalue weighted by molar-refractivity contribution is 4.88. The van der Waals surface area contributed by atoms with Crippen molar-refractivity contribution in [2.24, 2.45) is 0 Å². The average Bonchev–Trinajstić information content (AvgIpc) is 2.56. The van der Waals surface area contributed by atoms with E-state index in [-0.39, 0.29) is 0 Å². The number of aliphatic hydroxyl groups is 4. The Bertz CT molecular complexity index is 286. The summed E-state index contributed by atoms with van der Waals surface area (Å²) in [4.78, 5) is 0. The summed E-state index contributed by atoms with van der Waals surface area (Å²) < 4.78 is 10.7. The fourth-order valence-electron chi connectivity index (χ4n) is 2.82. The Morgan fingerprint density at radius 3 is 1.91 bits per heavy atom. The molecule has 1 aliphatic rings. The molecule has 0 saturated carbocycles. The highest BCUT2D eigenvalue weighted by Crippen LogP contribution is 2.22. The van der Waals surface area contributed by atoms with Gasteiger partial charge in [0.05, 0.1) is 6.61 Å². The molecule has 23 heavy (non-hydrogen) atoms. The Kier molecular flexibility index (Phi) is 11.0. The summed E-state index contributed by atoms with van der Waals surface area (Å²) in [5.74, 6) is 0. The fourth-order valence-corrected chi connectivity index (χ4v) is 2.82. The first-order chi connectivity index (χ1) is 11.1. The van der Waals surface area contributed by atoms with Gasteiger partial charge in [-0.3, -0.25) is 0 Å². The van der Waals surface area contributed by atoms with Crippen LogP contribution < -0.4 is 0 Å². The maximum absolute atomic E-state index is 9.82. The molecule has 0 amide bonds. The van der Waals surface area contributed by atoms with E-state index in [4.69, 9.17) is 14.6 Å². The van der Waals surface area contributed by atoms with Crippen LogP contribution in [0.4, 0.5) is 0 Å². The Morgan fingerprint density at radius 2 is 1.35 bits per heavy atom. The van der Waals surface area contributed by atoms with Crippen LogP contribution in [0.5, 0.6) is 0 Å². The molecule has 0 aliphatic carbocycles. The summed E-state index contributed by atoms with van der Waals surface area (Å²) in [6.07, 6.45) is 4.97. The van der Waals surface area contributed by atoms with E-state index < -0.39 is 37.3 Å². The summed E-state index contributed by atoms with van der Waals surface area (Å²) in [7, 11) is 0. The van der Waals surface area contributed by atoms with Gasteiger partial charge >= 0.3 is 0 Å². The summed E-state index contributed by atoms with van der Waals surface area (Å²) >= 11 is 0. The van der Waals surface area contributed by atoms with Crippen molar-refractivity contribution >= 4 is 0 Å². The molecule has 0 aromatic rings. The van der Waals surface area contributed by atoms with Gasteiger partial charge in [0.25, 0.3) is 0 Å². The molecule has 0 unspecified atom stereocenters. The fraction of sp³-hybridized carbons (Fsp3) is 1.00. The SMILES string of the molecule is CCCCCCCCCCCO[C@H]1O[C@@H](CO)[C@@H](O)[C@@H](O)[C@H]1O. The first kappa shape index (κ1) is 20.8. The van der Waals surface area contributed by atoms with Crippen LogP contribution in [0.1, 0.15) is 64.7 Å². The quantitative estimate of drug-likeness (QED) is 0.402. The Labute approximate surface area is 139 Å². The molecule has 0 radical (unpaired) electrons. The first-order valence-electron chi connectivity index (χ1n) is 9.04. The zero-order chi connectivity index (χ0) is 17.1. The summed E-state index contributed by atoms with van der Waals surface area (Å²) in [5, 5.41) is 38.2. The van der Waals surface area contributed by atoms with Crippen molar-refractivity contribution in [3.8, 4) is 0 Å². The van der Waals surface area contributed by atoms with Crippen molar-refractivity contribution in [2.45, 2.75) is 95.4 Å². The molecule has 4 N–H and O–H groups in total. The molecule has 0 aromatic heterocycles. The molecule has 0 aromatic carbocycles. The molecule has 5 atom stereocenters. The second-order valence-electron chi connectivity index (χ2n) is 6.40. The molecule has 1 fully saturated rings. The molecular weight excluding hydrogens is 300 g/mol. The van der Waals surface area contributed by atoms with Crippen molar-refractivity contribution in [1.29, 1.82) is 0 Å². The van der Waals surface area contributed by atoms with Crippen LogP contribution >= 0.6 is 0 Å². The van der Waals surface area contributed by atoms with E-state index in [1.807, 2.05) is 0 Å². The maximum Gasteiger partial charge on any atom is 0.186 e. The molecule has 1 heterocycles. The number of hydrogen-bond donors (Lipinski definition) is 4. The summed E-state index contributed by atoms with van der Waals surface area (Å²) in [6, 6.07) is 0. The lowest BCUT2D eigenvalue weighted by atomic mass is 9.99. The van der Waals surface area contributed by atoms with Crippen molar-refractivity contribution < 1.29 is 29.9 Å². The van der Waals surface area contributed by atoms with Crippen LogP contribution in [0.15, 0.2) is 0 Å². The van der Waals surface area contributed by atoms with Crippen LogP contribution in [-0.4, -0.2) is 64.3 Å². The summed E-state index contributed by atoms with van der Waals surface area (Å²) in [6.45, 7) is 2.22. The topological polar surface area (TPSA) is 99.4 Å². The van der Waals surface area contributed by atoms with Gasteiger partial charge < -0.3 is 29.9 Å². The normalized spacial score (nSPS) is 31.4. The largest absolute Gasteiger partial charge is 0.394 e. The molecule has 6 heteroatoms. The number of aliphatic hydroxyl groups excluding tert-OH is 4. The number of rotatable bonds is 12. The zero-order valence-electron chi connectivity index (χ0n) is 14.3. The lowest BCUT2D eigenvalue weighted by Gasteiger charge is -2.39. The molecule has 138 valence electrons. The van der Waals surface area contributed by atoms with E-state index in [1.165, 1.54) is 44.9 Å². The molecule has 1 saturated heterocycles. The Morgan fingerprint density at radius 1 is 0.783 bits per heavy atom. The van der Waals surface area contributed by atoms with E-state index in [1.54, 1.807) is 0 Å². The summed E-state index contributed by atoms with van der Waals surface area (Å²) in [5.41, 5.74) is 0. The first-order valence-corrected chi connectivity index (χ1v) is 9.04. The third-order valence-electron chi connectivity index (χ3n) is 4.38. The number of ether oxygens (including phenoxy) is 2. The van der Waals surface area contributed by atoms with Crippen LogP contribution in [-0.2, 0) is 9.47 Å². The Balaban J connectivity index is 2.06. The molecule has 6 nitrogen and oxygen atoms in total. The monoisotopic (exact) mass is 334 g/mol. The van der Waals surface area contributed by atoms with E-state index in [0.717, 1.165) is 12.8 Å². The third-order valence-corrected chi connectivity index (χ3v) is 4.38. The van der Waals surface area contributed by atoms with Gasteiger partial charge in [0, 0.05) is 6.61 Å². The highest BCUT2D eigenvalue weighted by atomic mass is 16.7. The smallest absolute Gasteiger partial charge is 0.186 e. The van der Waals surface area contributed by atoms with Crippen LogP contribution in [0.2, 0.25) is 0 Å². The van der Waals surface area contributed by atoms with Gasteiger partial charge in [-0.25, -0.2) is 0 Å². The standard InChI is InChI=1S/C17H34O6/c1-2-3-4-5-6-7-8-9-10-11-22-17-16(21)15(20)14(19)13(12-18)23-17/h13-21H,2-12H2,1H3/t13-,14+,15+,16+,17-/m0/s1. The van der Waals surface area contributed by atoms with Gasteiger partial charge in [0.1, 0.15) is 24.4 Å². The van der Waals surface area contributed by atoms with Gasteiger partial charge in [-0.1, -0.05) is 58.3 Å². The lowest BCUT2D eigenvalue weighted by Crippen LogP contribution is -2.59. The van der Waals surface area contributed by atoms with Crippen LogP contribution in [0, 0.1) is 0 Å². The second kappa shape index (κ2) is 12.2. The van der Waals surface area contributed by atoms with E-state index >= 15 is 0 Å².